The van der Waals surface area contributed by atoms with Gasteiger partial charge < -0.3 is 4.90 Å². The average molecular weight is 384 g/mol. The molecule has 2 aromatic heterocycles. The zero-order valence-electron chi connectivity index (χ0n) is 16.1. The zero-order chi connectivity index (χ0) is 20.0. The van der Waals surface area contributed by atoms with Crippen LogP contribution in [0.2, 0.25) is 0 Å². The molecule has 0 saturated carbocycles. The van der Waals surface area contributed by atoms with E-state index in [0.717, 1.165) is 52.3 Å². The molecule has 0 atom stereocenters. The van der Waals surface area contributed by atoms with Gasteiger partial charge in [-0.15, -0.1) is 0 Å². The first-order valence-electron chi connectivity index (χ1n) is 9.72. The molecule has 144 valence electrons. The minimum absolute atomic E-state index is 0.0520. The predicted octanol–water partition coefficient (Wildman–Crippen LogP) is 3.46. The van der Waals surface area contributed by atoms with E-state index >= 15 is 0 Å². The number of carbonyl (C=O) groups excluding carboxylic acids is 2. The Morgan fingerprint density at radius 2 is 1.72 bits per heavy atom. The van der Waals surface area contributed by atoms with Crippen LogP contribution in [0.25, 0.3) is 22.3 Å². The van der Waals surface area contributed by atoms with E-state index in [9.17, 15) is 9.59 Å². The molecule has 0 bridgehead atoms. The van der Waals surface area contributed by atoms with Crippen molar-refractivity contribution in [3.05, 3.63) is 60.6 Å². The molecule has 2 aliphatic heterocycles. The van der Waals surface area contributed by atoms with Crippen molar-refractivity contribution >= 4 is 23.3 Å². The largest absolute Gasteiger partial charge is 0.312 e. The lowest BCUT2D eigenvalue weighted by atomic mass is 9.98. The number of rotatable bonds is 3. The second-order valence-corrected chi connectivity index (χ2v) is 7.45. The van der Waals surface area contributed by atoms with Crippen molar-refractivity contribution in [2.24, 2.45) is 0 Å². The van der Waals surface area contributed by atoms with Gasteiger partial charge in [0.25, 0.3) is 0 Å². The molecule has 29 heavy (non-hydrogen) atoms. The number of amides is 2. The van der Waals surface area contributed by atoms with E-state index in [0.29, 0.717) is 12.8 Å². The maximum absolute atomic E-state index is 12.1. The van der Waals surface area contributed by atoms with Crippen LogP contribution in [0.3, 0.4) is 0 Å². The third-order valence-electron chi connectivity index (χ3n) is 5.69. The van der Waals surface area contributed by atoms with Crippen molar-refractivity contribution in [2.45, 2.75) is 19.3 Å². The van der Waals surface area contributed by atoms with Gasteiger partial charge in [0.15, 0.2) is 0 Å². The molecule has 1 fully saturated rings. The first-order chi connectivity index (χ1) is 14.1. The van der Waals surface area contributed by atoms with E-state index in [1.807, 2.05) is 47.6 Å². The first-order valence-corrected chi connectivity index (χ1v) is 9.72. The third kappa shape index (κ3) is 2.97. The first kappa shape index (κ1) is 17.6. The number of carbonyl (C=O) groups is 2. The second kappa shape index (κ2) is 6.81. The third-order valence-corrected chi connectivity index (χ3v) is 5.69. The molecule has 0 unspecified atom stereocenters. The Morgan fingerprint density at radius 1 is 0.931 bits per heavy atom. The number of nitrogens with zero attached hydrogens (tertiary/aromatic N) is 4. The summed E-state index contributed by atoms with van der Waals surface area (Å²) < 4.78 is 0. The molecule has 5 rings (SSSR count). The number of anilines is 2. The van der Waals surface area contributed by atoms with Gasteiger partial charge in [-0.3, -0.25) is 19.5 Å². The van der Waals surface area contributed by atoms with Gasteiger partial charge in [-0.05, 0) is 41.8 Å². The van der Waals surface area contributed by atoms with Crippen LogP contribution in [0, 0.1) is 0 Å². The highest BCUT2D eigenvalue weighted by atomic mass is 16.2. The Hall–Kier alpha value is -3.54. The summed E-state index contributed by atoms with van der Waals surface area (Å²) in [5.41, 5.74) is 5.86. The number of pyridine rings is 2. The summed E-state index contributed by atoms with van der Waals surface area (Å²) in [5.74, 6) is 0.959. The summed E-state index contributed by atoms with van der Waals surface area (Å²) in [7, 11) is 1.76. The van der Waals surface area contributed by atoms with Crippen LogP contribution in [0.15, 0.2) is 55.0 Å². The van der Waals surface area contributed by atoms with E-state index in [1.165, 1.54) is 0 Å². The number of likely N-dealkylation sites (N-methyl/N-ethyl adjacent to an activating group) is 1. The number of hydrogen-bond donors (Lipinski definition) is 0. The van der Waals surface area contributed by atoms with Gasteiger partial charge in [-0.1, -0.05) is 12.1 Å². The molecule has 6 heteroatoms. The molecule has 0 spiro atoms. The lowest BCUT2D eigenvalue weighted by Gasteiger charge is -2.16. The topological polar surface area (TPSA) is 66.4 Å². The molecule has 0 N–H and O–H groups in total. The second-order valence-electron chi connectivity index (χ2n) is 7.45. The maximum Gasteiger partial charge on any atom is 0.232 e. The Morgan fingerprint density at radius 3 is 2.48 bits per heavy atom. The van der Waals surface area contributed by atoms with E-state index < -0.39 is 0 Å². The smallest absolute Gasteiger partial charge is 0.232 e. The summed E-state index contributed by atoms with van der Waals surface area (Å²) in [6, 6.07) is 12.0. The summed E-state index contributed by atoms with van der Waals surface area (Å²) in [6.07, 6.45) is 7.29. The Bertz CT molecular complexity index is 1120. The van der Waals surface area contributed by atoms with Crippen LogP contribution in [-0.2, 0) is 16.0 Å². The number of hydrogen-bond acceptors (Lipinski definition) is 4. The molecular weight excluding hydrogens is 364 g/mol. The Labute approximate surface area is 168 Å². The van der Waals surface area contributed by atoms with Crippen molar-refractivity contribution in [2.75, 3.05) is 23.4 Å². The molecule has 3 aromatic rings. The normalized spacial score (nSPS) is 15.9. The van der Waals surface area contributed by atoms with Gasteiger partial charge in [0.1, 0.15) is 5.82 Å². The van der Waals surface area contributed by atoms with Crippen LogP contribution in [-0.4, -0.2) is 35.4 Å². The van der Waals surface area contributed by atoms with E-state index in [4.69, 9.17) is 0 Å². The molecule has 0 aliphatic carbocycles. The average Bonchev–Trinajstić information content (AvgIpc) is 3.31. The van der Waals surface area contributed by atoms with Crippen LogP contribution in [0.4, 0.5) is 11.5 Å². The van der Waals surface area contributed by atoms with Crippen LogP contribution in [0.1, 0.15) is 18.4 Å². The lowest BCUT2D eigenvalue weighted by molar-refractivity contribution is -0.117. The van der Waals surface area contributed by atoms with Gasteiger partial charge in [0, 0.05) is 61.0 Å². The van der Waals surface area contributed by atoms with Gasteiger partial charge in [-0.2, -0.15) is 0 Å². The van der Waals surface area contributed by atoms with E-state index in [2.05, 4.69) is 16.0 Å². The lowest BCUT2D eigenvalue weighted by Crippen LogP contribution is -2.23. The molecule has 4 heterocycles. The van der Waals surface area contributed by atoms with Gasteiger partial charge in [0.2, 0.25) is 11.8 Å². The molecule has 2 amide bonds. The quantitative estimate of drug-likeness (QED) is 0.694. The maximum atomic E-state index is 12.1. The van der Waals surface area contributed by atoms with Crippen molar-refractivity contribution in [3.63, 3.8) is 0 Å². The molecule has 6 nitrogen and oxygen atoms in total. The number of benzene rings is 1. The Balaban J connectivity index is 1.49. The monoisotopic (exact) mass is 384 g/mol. The van der Waals surface area contributed by atoms with Crippen LogP contribution >= 0.6 is 0 Å². The standard InChI is InChI=1S/C23H20N4O2/c1-26-22(29)12-20-19(8-9-25-23(20)26)17-11-16(13-24-14-17)15-4-6-18(7-5-15)27-10-2-3-21(27)28/h4-9,11,13-14H,2-3,10,12H2,1H3. The number of aromatic nitrogens is 2. The van der Waals surface area contributed by atoms with E-state index in [-0.39, 0.29) is 11.8 Å². The fraction of sp³-hybridized carbons (Fsp3) is 0.217. The molecule has 1 saturated heterocycles. The predicted molar refractivity (Wildman–Crippen MR) is 112 cm³/mol. The van der Waals surface area contributed by atoms with Crippen molar-refractivity contribution in [1.82, 2.24) is 9.97 Å². The molecule has 0 radical (unpaired) electrons. The molecule has 2 aliphatic rings. The molecule has 1 aromatic carbocycles. The fourth-order valence-corrected chi connectivity index (χ4v) is 4.10. The van der Waals surface area contributed by atoms with Crippen molar-refractivity contribution in [3.8, 4) is 22.3 Å². The highest BCUT2D eigenvalue weighted by Crippen LogP contribution is 2.35. The summed E-state index contributed by atoms with van der Waals surface area (Å²) in [6.45, 7) is 0.787. The highest BCUT2D eigenvalue weighted by Gasteiger charge is 2.28. The molecular formula is C23H20N4O2. The summed E-state index contributed by atoms with van der Waals surface area (Å²) >= 11 is 0. The van der Waals surface area contributed by atoms with Crippen LogP contribution in [0.5, 0.6) is 0 Å². The van der Waals surface area contributed by atoms with Crippen molar-refractivity contribution in [1.29, 1.82) is 0 Å². The number of fused-ring (bicyclic) bond motifs is 1. The van der Waals surface area contributed by atoms with E-state index in [1.54, 1.807) is 18.1 Å². The minimum atomic E-state index is 0.0520. The Kier molecular flexibility index (Phi) is 4.12. The zero-order valence-corrected chi connectivity index (χ0v) is 16.1. The van der Waals surface area contributed by atoms with Gasteiger partial charge in [0.05, 0.1) is 6.42 Å². The highest BCUT2D eigenvalue weighted by molar-refractivity contribution is 6.02. The SMILES string of the molecule is CN1C(=O)Cc2c(-c3cncc(-c4ccc(N5CCCC5=O)cc4)c3)ccnc21. The van der Waals surface area contributed by atoms with Crippen molar-refractivity contribution < 1.29 is 9.59 Å². The van der Waals surface area contributed by atoms with Gasteiger partial charge >= 0.3 is 0 Å². The summed E-state index contributed by atoms with van der Waals surface area (Å²) in [5, 5.41) is 0. The van der Waals surface area contributed by atoms with Crippen LogP contribution < -0.4 is 9.80 Å². The fourth-order valence-electron chi connectivity index (χ4n) is 4.10. The van der Waals surface area contributed by atoms with Gasteiger partial charge in [-0.25, -0.2) is 4.98 Å². The summed E-state index contributed by atoms with van der Waals surface area (Å²) in [4.78, 5) is 36.3. The minimum Gasteiger partial charge on any atom is -0.312 e.